The fourth-order valence-electron chi connectivity index (χ4n) is 3.83. The summed E-state index contributed by atoms with van der Waals surface area (Å²) in [6.45, 7) is 1.25. The number of hydrogen-bond donors (Lipinski definition) is 1. The van der Waals surface area contributed by atoms with Crippen LogP contribution in [0.5, 0.6) is 11.5 Å². The summed E-state index contributed by atoms with van der Waals surface area (Å²) in [7, 11) is 0. The number of carbonyl (C=O) groups is 3. The number of hydrogen-bond acceptors (Lipinski definition) is 5. The van der Waals surface area contributed by atoms with Crippen LogP contribution in [-0.4, -0.2) is 30.9 Å². The molecule has 0 aromatic heterocycles. The standard InChI is InChI=1S/C27H23F3N2O5/c1-17-6-10-20(11-7-17)37-21-12-8-19(9-13-21)32-15-18(14-25(32)34)26(35)36-16-24(33)31-23-5-3-2-4-22(23)27(28,29)30/h2-13,18H,14-16H2,1H3,(H,31,33)/t18-/m0/s1. The van der Waals surface area contributed by atoms with Crippen LogP contribution in [-0.2, 0) is 25.3 Å². The Labute approximate surface area is 210 Å². The lowest BCUT2D eigenvalue weighted by atomic mass is 10.1. The van der Waals surface area contributed by atoms with Gasteiger partial charge in [0.05, 0.1) is 17.2 Å². The van der Waals surface area contributed by atoms with Crippen molar-refractivity contribution in [2.24, 2.45) is 5.92 Å². The molecule has 1 heterocycles. The Balaban J connectivity index is 1.30. The van der Waals surface area contributed by atoms with E-state index in [0.717, 1.165) is 17.7 Å². The number of amides is 2. The molecule has 1 atom stereocenters. The molecule has 1 fully saturated rings. The number of aryl methyl sites for hydroxylation is 1. The van der Waals surface area contributed by atoms with Gasteiger partial charge in [0, 0.05) is 18.7 Å². The zero-order valence-electron chi connectivity index (χ0n) is 19.7. The molecule has 0 aliphatic carbocycles. The minimum Gasteiger partial charge on any atom is -0.457 e. The van der Waals surface area contributed by atoms with Crippen molar-refractivity contribution in [1.29, 1.82) is 0 Å². The second-order valence-corrected chi connectivity index (χ2v) is 8.51. The summed E-state index contributed by atoms with van der Waals surface area (Å²) >= 11 is 0. The zero-order valence-corrected chi connectivity index (χ0v) is 19.7. The average Bonchev–Trinajstić information content (AvgIpc) is 3.26. The molecule has 1 aliphatic rings. The van der Waals surface area contributed by atoms with Crippen LogP contribution in [0.2, 0.25) is 0 Å². The predicted octanol–water partition coefficient (Wildman–Crippen LogP) is 5.34. The number of nitrogens with zero attached hydrogens (tertiary/aromatic N) is 1. The van der Waals surface area contributed by atoms with Crippen LogP contribution < -0.4 is 15.0 Å². The van der Waals surface area contributed by atoms with Crippen LogP contribution in [0.25, 0.3) is 0 Å². The van der Waals surface area contributed by atoms with Gasteiger partial charge in [-0.05, 0) is 55.5 Å². The Bertz CT molecular complexity index is 1290. The summed E-state index contributed by atoms with van der Waals surface area (Å²) in [6, 6.07) is 18.8. The molecule has 0 unspecified atom stereocenters. The molecule has 0 saturated carbocycles. The zero-order chi connectivity index (χ0) is 26.6. The SMILES string of the molecule is Cc1ccc(Oc2ccc(N3C[C@@H](C(=O)OCC(=O)Nc4ccccc4C(F)(F)F)CC3=O)cc2)cc1. The van der Waals surface area contributed by atoms with E-state index in [9.17, 15) is 27.6 Å². The van der Waals surface area contributed by atoms with Crippen LogP contribution in [0.15, 0.2) is 72.8 Å². The van der Waals surface area contributed by atoms with E-state index in [4.69, 9.17) is 9.47 Å². The summed E-state index contributed by atoms with van der Waals surface area (Å²) in [5.74, 6) is -1.56. The Hall–Kier alpha value is -4.34. The number of ether oxygens (including phenoxy) is 2. The maximum Gasteiger partial charge on any atom is 0.418 e. The Morgan fingerprint density at radius 3 is 2.24 bits per heavy atom. The van der Waals surface area contributed by atoms with Crippen LogP contribution >= 0.6 is 0 Å². The highest BCUT2D eigenvalue weighted by atomic mass is 19.4. The molecule has 0 bridgehead atoms. The molecule has 7 nitrogen and oxygen atoms in total. The highest BCUT2D eigenvalue weighted by molar-refractivity contribution is 6.00. The van der Waals surface area contributed by atoms with Crippen molar-refractivity contribution in [1.82, 2.24) is 0 Å². The van der Waals surface area contributed by atoms with E-state index in [1.807, 2.05) is 31.2 Å². The van der Waals surface area contributed by atoms with E-state index >= 15 is 0 Å². The van der Waals surface area contributed by atoms with E-state index in [1.54, 1.807) is 24.3 Å². The van der Waals surface area contributed by atoms with E-state index in [0.29, 0.717) is 17.2 Å². The molecular formula is C27H23F3N2O5. The quantitative estimate of drug-likeness (QED) is 0.432. The first kappa shape index (κ1) is 25.7. The predicted molar refractivity (Wildman–Crippen MR) is 129 cm³/mol. The lowest BCUT2D eigenvalue weighted by Gasteiger charge is -2.17. The first-order valence-corrected chi connectivity index (χ1v) is 11.4. The molecule has 3 aromatic carbocycles. The normalized spacial score (nSPS) is 15.4. The van der Waals surface area contributed by atoms with E-state index < -0.39 is 41.8 Å². The van der Waals surface area contributed by atoms with Crippen molar-refractivity contribution in [3.05, 3.63) is 83.9 Å². The summed E-state index contributed by atoms with van der Waals surface area (Å²) in [4.78, 5) is 38.5. The number of halogens is 3. The van der Waals surface area contributed by atoms with Crippen molar-refractivity contribution in [3.8, 4) is 11.5 Å². The molecule has 4 rings (SSSR count). The Morgan fingerprint density at radius 1 is 0.973 bits per heavy atom. The maximum atomic E-state index is 13.1. The second kappa shape index (κ2) is 10.7. The maximum absolute atomic E-state index is 13.1. The van der Waals surface area contributed by atoms with Crippen molar-refractivity contribution in [2.45, 2.75) is 19.5 Å². The third kappa shape index (κ3) is 6.46. The van der Waals surface area contributed by atoms with Gasteiger partial charge < -0.3 is 19.7 Å². The van der Waals surface area contributed by atoms with Gasteiger partial charge in [0.25, 0.3) is 5.91 Å². The molecule has 0 spiro atoms. The van der Waals surface area contributed by atoms with Gasteiger partial charge in [-0.25, -0.2) is 0 Å². The van der Waals surface area contributed by atoms with Crippen LogP contribution in [0.1, 0.15) is 17.5 Å². The average molecular weight is 512 g/mol. The summed E-state index contributed by atoms with van der Waals surface area (Å²) in [6.07, 6.45) is -4.77. The minimum atomic E-state index is -4.65. The number of para-hydroxylation sites is 1. The number of alkyl halides is 3. The summed E-state index contributed by atoms with van der Waals surface area (Å²) in [5.41, 5.74) is 0.226. The number of anilines is 2. The van der Waals surface area contributed by atoms with Gasteiger partial charge in [-0.2, -0.15) is 13.2 Å². The highest BCUT2D eigenvalue weighted by Gasteiger charge is 2.37. The van der Waals surface area contributed by atoms with Crippen LogP contribution in [0, 0.1) is 12.8 Å². The van der Waals surface area contributed by atoms with Gasteiger partial charge in [-0.1, -0.05) is 29.8 Å². The van der Waals surface area contributed by atoms with Gasteiger partial charge in [-0.3, -0.25) is 14.4 Å². The molecule has 192 valence electrons. The first-order chi connectivity index (χ1) is 17.6. The third-order valence-electron chi connectivity index (χ3n) is 5.72. The van der Waals surface area contributed by atoms with Crippen molar-refractivity contribution in [3.63, 3.8) is 0 Å². The summed E-state index contributed by atoms with van der Waals surface area (Å²) < 4.78 is 50.0. The van der Waals surface area contributed by atoms with Gasteiger partial charge in [-0.15, -0.1) is 0 Å². The molecular weight excluding hydrogens is 489 g/mol. The van der Waals surface area contributed by atoms with Gasteiger partial charge in [0.1, 0.15) is 11.5 Å². The monoisotopic (exact) mass is 512 g/mol. The largest absolute Gasteiger partial charge is 0.457 e. The number of esters is 1. The van der Waals surface area contributed by atoms with E-state index in [-0.39, 0.29) is 18.9 Å². The Kier molecular flexibility index (Phi) is 7.47. The molecule has 0 radical (unpaired) electrons. The molecule has 37 heavy (non-hydrogen) atoms. The molecule has 10 heteroatoms. The van der Waals surface area contributed by atoms with Crippen molar-refractivity contribution < 1.29 is 37.0 Å². The number of rotatable bonds is 7. The minimum absolute atomic E-state index is 0.0500. The lowest BCUT2D eigenvalue weighted by Crippen LogP contribution is -2.28. The fourth-order valence-corrected chi connectivity index (χ4v) is 3.83. The van der Waals surface area contributed by atoms with Gasteiger partial charge in [0.15, 0.2) is 6.61 Å². The van der Waals surface area contributed by atoms with Crippen LogP contribution in [0.3, 0.4) is 0 Å². The molecule has 1 aliphatic heterocycles. The molecule has 1 N–H and O–H groups in total. The fraction of sp³-hybridized carbons (Fsp3) is 0.222. The Morgan fingerprint density at radius 2 is 1.59 bits per heavy atom. The number of carbonyl (C=O) groups excluding carboxylic acids is 3. The lowest BCUT2D eigenvalue weighted by molar-refractivity contribution is -0.151. The van der Waals surface area contributed by atoms with E-state index in [2.05, 4.69) is 5.32 Å². The molecule has 2 amide bonds. The number of benzene rings is 3. The number of nitrogens with one attached hydrogen (secondary N) is 1. The molecule has 1 saturated heterocycles. The van der Waals surface area contributed by atoms with Crippen molar-refractivity contribution >= 4 is 29.2 Å². The highest BCUT2D eigenvalue weighted by Crippen LogP contribution is 2.34. The van der Waals surface area contributed by atoms with Crippen LogP contribution in [0.4, 0.5) is 24.5 Å². The van der Waals surface area contributed by atoms with Crippen molar-refractivity contribution in [2.75, 3.05) is 23.4 Å². The smallest absolute Gasteiger partial charge is 0.418 e. The van der Waals surface area contributed by atoms with Gasteiger partial charge >= 0.3 is 12.1 Å². The first-order valence-electron chi connectivity index (χ1n) is 11.4. The third-order valence-corrected chi connectivity index (χ3v) is 5.72. The summed E-state index contributed by atoms with van der Waals surface area (Å²) in [5, 5.41) is 2.11. The second-order valence-electron chi connectivity index (χ2n) is 8.51. The molecule has 3 aromatic rings. The van der Waals surface area contributed by atoms with E-state index in [1.165, 1.54) is 17.0 Å². The topological polar surface area (TPSA) is 84.9 Å². The van der Waals surface area contributed by atoms with Gasteiger partial charge in [0.2, 0.25) is 5.91 Å².